The molecule has 0 radical (unpaired) electrons. The van der Waals surface area contributed by atoms with E-state index in [9.17, 15) is 18.0 Å². The summed E-state index contributed by atoms with van der Waals surface area (Å²) in [5.41, 5.74) is 5.48. The molecule has 8 heteroatoms. The van der Waals surface area contributed by atoms with Crippen molar-refractivity contribution < 1.29 is 18.0 Å². The number of aliphatic imine (C=N–C) groups is 1. The molecule has 1 amide bonds. The van der Waals surface area contributed by atoms with Gasteiger partial charge in [-0.15, -0.1) is 0 Å². The predicted octanol–water partition coefficient (Wildman–Crippen LogP) is 11.0. The van der Waals surface area contributed by atoms with Crippen LogP contribution in [0.15, 0.2) is 59.1 Å². The molecule has 0 spiro atoms. The second-order valence-electron chi connectivity index (χ2n) is 11.3. The van der Waals surface area contributed by atoms with Gasteiger partial charge in [0.1, 0.15) is 5.82 Å². The Morgan fingerprint density at radius 3 is 2.07 bits per heavy atom. The molecule has 0 bridgehead atoms. The van der Waals surface area contributed by atoms with Crippen molar-refractivity contribution in [1.29, 1.82) is 0 Å². The summed E-state index contributed by atoms with van der Waals surface area (Å²) in [4.78, 5) is 24.7. The third-order valence-electron chi connectivity index (χ3n) is 7.79. The Hall–Kier alpha value is -3.68. The number of aromatic nitrogens is 1. The molecule has 0 saturated heterocycles. The van der Waals surface area contributed by atoms with Crippen LogP contribution in [0.2, 0.25) is 0 Å². The van der Waals surface area contributed by atoms with Crippen molar-refractivity contribution in [3.63, 3.8) is 0 Å². The summed E-state index contributed by atoms with van der Waals surface area (Å²) in [5, 5.41) is 3.95. The average molecular weight is 639 g/mol. The van der Waals surface area contributed by atoms with Gasteiger partial charge in [0, 0.05) is 36.3 Å². The van der Waals surface area contributed by atoms with Crippen LogP contribution in [-0.4, -0.2) is 41.1 Å². The lowest BCUT2D eigenvalue weighted by molar-refractivity contribution is -0.137. The van der Waals surface area contributed by atoms with Gasteiger partial charge in [0.25, 0.3) is 5.91 Å². The van der Waals surface area contributed by atoms with Crippen LogP contribution in [0.4, 0.5) is 19.0 Å². The van der Waals surface area contributed by atoms with E-state index in [1.165, 1.54) is 49.8 Å². The van der Waals surface area contributed by atoms with Gasteiger partial charge in [-0.3, -0.25) is 9.79 Å². The molecule has 1 aliphatic rings. The van der Waals surface area contributed by atoms with Crippen molar-refractivity contribution in [1.82, 2.24) is 9.88 Å². The standard InChI is InChI=1S/C29H31F3N4O.C7H16.C2H6/c1-5-13-36(6-2)28(37)24-15-26(34-17-20-7-10-22(11-8-20)29(30,31)32)35-25-12-9-21(14-23(24)25)27-18(3)16-33-19(27)4;1-3-5-7-6-4-2;1-2/h7-12,14-15H,5-6,13,16-17H2,1-4H3,(H,34,35);3-7H2,1-2H3;1-2H3. The molecule has 252 valence electrons. The highest BCUT2D eigenvalue weighted by Gasteiger charge is 2.30. The first-order chi connectivity index (χ1) is 22.0. The number of benzene rings is 2. The number of pyridine rings is 1. The zero-order valence-electron chi connectivity index (χ0n) is 29.1. The first-order valence-corrected chi connectivity index (χ1v) is 16.9. The summed E-state index contributed by atoms with van der Waals surface area (Å²) in [6.45, 7) is 18.7. The van der Waals surface area contributed by atoms with Gasteiger partial charge in [0.15, 0.2) is 0 Å². The third kappa shape index (κ3) is 10.7. The summed E-state index contributed by atoms with van der Waals surface area (Å²) >= 11 is 0. The van der Waals surface area contributed by atoms with E-state index in [1.54, 1.807) is 6.07 Å². The number of amides is 1. The summed E-state index contributed by atoms with van der Waals surface area (Å²) in [5.74, 6) is 0.416. The lowest BCUT2D eigenvalue weighted by Gasteiger charge is -2.22. The highest BCUT2D eigenvalue weighted by Crippen LogP contribution is 2.31. The SMILES string of the molecule is CC.CCCCCCC.CCCN(CC)C(=O)c1cc(NCc2ccc(C(F)(F)F)cc2)nc2ccc(C3=C(C)CN=C3C)cc12. The second kappa shape index (κ2) is 19.1. The average Bonchev–Trinajstić information content (AvgIpc) is 3.40. The molecule has 0 fully saturated rings. The number of halogens is 3. The number of unbranched alkanes of at least 4 members (excludes halogenated alkanes) is 4. The Labute approximate surface area is 274 Å². The van der Waals surface area contributed by atoms with E-state index < -0.39 is 11.7 Å². The number of fused-ring (bicyclic) bond motifs is 1. The van der Waals surface area contributed by atoms with E-state index in [-0.39, 0.29) is 12.5 Å². The van der Waals surface area contributed by atoms with Gasteiger partial charge in [0.05, 0.1) is 23.2 Å². The van der Waals surface area contributed by atoms with Crippen LogP contribution in [0, 0.1) is 0 Å². The van der Waals surface area contributed by atoms with E-state index >= 15 is 0 Å². The first kappa shape index (κ1) is 38.5. The van der Waals surface area contributed by atoms with Gasteiger partial charge in [-0.1, -0.05) is 84.9 Å². The molecule has 0 saturated carbocycles. The van der Waals surface area contributed by atoms with Crippen LogP contribution in [0.25, 0.3) is 16.5 Å². The number of rotatable bonds is 12. The highest BCUT2D eigenvalue weighted by atomic mass is 19.4. The van der Waals surface area contributed by atoms with Crippen LogP contribution in [0.1, 0.15) is 121 Å². The van der Waals surface area contributed by atoms with Crippen molar-refractivity contribution in [2.24, 2.45) is 4.99 Å². The molecule has 0 atom stereocenters. The normalized spacial score (nSPS) is 12.6. The maximum Gasteiger partial charge on any atom is 0.416 e. The fourth-order valence-electron chi connectivity index (χ4n) is 5.33. The quantitative estimate of drug-likeness (QED) is 0.201. The Morgan fingerprint density at radius 1 is 0.891 bits per heavy atom. The Kier molecular flexibility index (Phi) is 16.0. The fourth-order valence-corrected chi connectivity index (χ4v) is 5.33. The molecule has 2 aromatic carbocycles. The van der Waals surface area contributed by atoms with Crippen LogP contribution >= 0.6 is 0 Å². The van der Waals surface area contributed by atoms with Crippen molar-refractivity contribution in [3.8, 4) is 0 Å². The minimum absolute atomic E-state index is 0.0750. The number of alkyl halides is 3. The monoisotopic (exact) mass is 638 g/mol. The van der Waals surface area contributed by atoms with E-state index in [0.717, 1.165) is 40.8 Å². The van der Waals surface area contributed by atoms with Gasteiger partial charge in [0.2, 0.25) is 0 Å². The van der Waals surface area contributed by atoms with E-state index in [4.69, 9.17) is 4.98 Å². The van der Waals surface area contributed by atoms with Gasteiger partial charge >= 0.3 is 6.18 Å². The molecule has 5 nitrogen and oxygen atoms in total. The lowest BCUT2D eigenvalue weighted by atomic mass is 9.96. The molecule has 3 aromatic rings. The molecule has 1 aliphatic heterocycles. The Bertz CT molecular complexity index is 1460. The highest BCUT2D eigenvalue weighted by molar-refractivity contribution is 6.25. The molecule has 0 unspecified atom stereocenters. The number of nitrogens with one attached hydrogen (secondary N) is 1. The molecule has 4 rings (SSSR count). The van der Waals surface area contributed by atoms with Gasteiger partial charge in [-0.05, 0) is 74.2 Å². The van der Waals surface area contributed by atoms with Crippen molar-refractivity contribution in [3.05, 3.63) is 76.4 Å². The lowest BCUT2D eigenvalue weighted by Crippen LogP contribution is -2.31. The second-order valence-corrected chi connectivity index (χ2v) is 11.3. The Morgan fingerprint density at radius 2 is 1.54 bits per heavy atom. The van der Waals surface area contributed by atoms with Crippen LogP contribution in [0.3, 0.4) is 0 Å². The van der Waals surface area contributed by atoms with Crippen molar-refractivity contribution >= 4 is 33.9 Å². The number of hydrogen-bond acceptors (Lipinski definition) is 4. The number of anilines is 1. The minimum atomic E-state index is -4.37. The number of carbonyl (C=O) groups is 1. The Balaban J connectivity index is 0.000000724. The summed E-state index contributed by atoms with van der Waals surface area (Å²) < 4.78 is 38.7. The maximum atomic E-state index is 13.6. The van der Waals surface area contributed by atoms with Gasteiger partial charge in [-0.2, -0.15) is 13.2 Å². The number of hydrogen-bond donors (Lipinski definition) is 1. The van der Waals surface area contributed by atoms with E-state index in [1.807, 2.05) is 57.7 Å². The van der Waals surface area contributed by atoms with E-state index in [2.05, 4.69) is 31.1 Å². The number of allylic oxidation sites excluding steroid dienone is 1. The van der Waals surface area contributed by atoms with Crippen molar-refractivity contribution in [2.75, 3.05) is 25.0 Å². The predicted molar refractivity (Wildman–Crippen MR) is 189 cm³/mol. The number of nitrogens with zero attached hydrogens (tertiary/aromatic N) is 3. The zero-order chi connectivity index (χ0) is 34.3. The zero-order valence-corrected chi connectivity index (χ0v) is 29.1. The molecule has 46 heavy (non-hydrogen) atoms. The summed E-state index contributed by atoms with van der Waals surface area (Å²) in [7, 11) is 0. The summed E-state index contributed by atoms with van der Waals surface area (Å²) in [6, 6.07) is 12.7. The fraction of sp³-hybridized carbons (Fsp3) is 0.500. The minimum Gasteiger partial charge on any atom is -0.366 e. The topological polar surface area (TPSA) is 57.6 Å². The van der Waals surface area contributed by atoms with Crippen LogP contribution < -0.4 is 5.32 Å². The molecular formula is C38H53F3N4O. The third-order valence-corrected chi connectivity index (χ3v) is 7.79. The molecule has 2 heterocycles. The first-order valence-electron chi connectivity index (χ1n) is 16.9. The van der Waals surface area contributed by atoms with Gasteiger partial charge < -0.3 is 10.2 Å². The smallest absolute Gasteiger partial charge is 0.366 e. The van der Waals surface area contributed by atoms with Crippen molar-refractivity contribution in [2.45, 2.75) is 107 Å². The number of carbonyl (C=O) groups excluding carboxylic acids is 1. The van der Waals surface area contributed by atoms with Crippen LogP contribution in [-0.2, 0) is 12.7 Å². The molecule has 1 N–H and O–H groups in total. The largest absolute Gasteiger partial charge is 0.416 e. The van der Waals surface area contributed by atoms with E-state index in [0.29, 0.717) is 42.1 Å². The maximum absolute atomic E-state index is 13.6. The molecule has 0 aliphatic carbocycles. The summed E-state index contributed by atoms with van der Waals surface area (Å²) in [6.07, 6.45) is 3.48. The molecular weight excluding hydrogens is 585 g/mol. The molecule has 1 aromatic heterocycles. The van der Waals surface area contributed by atoms with Crippen LogP contribution in [0.5, 0.6) is 0 Å². The van der Waals surface area contributed by atoms with Gasteiger partial charge in [-0.25, -0.2) is 4.98 Å².